The Hall–Kier alpha value is -3.61. The van der Waals surface area contributed by atoms with Gasteiger partial charge in [-0.3, -0.25) is 14.8 Å². The minimum Gasteiger partial charge on any atom is -0.443 e. The zero-order valence-electron chi connectivity index (χ0n) is 12.4. The van der Waals surface area contributed by atoms with Crippen molar-refractivity contribution in [3.05, 3.63) is 67.2 Å². The first-order chi connectivity index (χ1) is 11.8. The maximum atomic E-state index is 12.2. The molecule has 7 nitrogen and oxygen atoms in total. The lowest BCUT2D eigenvalue weighted by Gasteiger charge is -2.06. The summed E-state index contributed by atoms with van der Waals surface area (Å²) in [6, 6.07) is 6.95. The van der Waals surface area contributed by atoms with Gasteiger partial charge in [0.05, 0.1) is 17.9 Å². The van der Waals surface area contributed by atoms with Gasteiger partial charge in [-0.15, -0.1) is 0 Å². The third-order valence-electron chi connectivity index (χ3n) is 3.47. The first-order valence-corrected chi connectivity index (χ1v) is 7.16. The molecule has 0 fully saturated rings. The van der Waals surface area contributed by atoms with Crippen LogP contribution in [0, 0.1) is 0 Å². The molecule has 0 aliphatic rings. The van der Waals surface area contributed by atoms with Crippen molar-refractivity contribution in [2.45, 2.75) is 0 Å². The Balaban J connectivity index is 1.66. The van der Waals surface area contributed by atoms with Gasteiger partial charge in [-0.2, -0.15) is 0 Å². The van der Waals surface area contributed by atoms with Gasteiger partial charge in [-0.25, -0.2) is 9.97 Å². The summed E-state index contributed by atoms with van der Waals surface area (Å²) < 4.78 is 5.28. The zero-order valence-corrected chi connectivity index (χ0v) is 12.4. The Bertz CT molecular complexity index is 1000. The summed E-state index contributed by atoms with van der Waals surface area (Å²) in [6.07, 6.45) is 9.43. The summed E-state index contributed by atoms with van der Waals surface area (Å²) in [4.78, 5) is 28.5. The van der Waals surface area contributed by atoms with E-state index in [9.17, 15) is 4.79 Å². The first-order valence-electron chi connectivity index (χ1n) is 7.16. The molecule has 4 heterocycles. The van der Waals surface area contributed by atoms with Crippen molar-refractivity contribution >= 4 is 22.6 Å². The lowest BCUT2D eigenvalue weighted by molar-refractivity contribution is 0.102. The molecule has 0 aliphatic carbocycles. The Morgan fingerprint density at radius 3 is 2.67 bits per heavy atom. The molecule has 116 valence electrons. The third kappa shape index (κ3) is 2.70. The van der Waals surface area contributed by atoms with E-state index in [0.29, 0.717) is 17.1 Å². The van der Waals surface area contributed by atoms with E-state index in [-0.39, 0.29) is 5.91 Å². The van der Waals surface area contributed by atoms with Crippen molar-refractivity contribution < 1.29 is 9.21 Å². The molecule has 7 heteroatoms. The van der Waals surface area contributed by atoms with Gasteiger partial charge in [0.15, 0.2) is 12.2 Å². The summed E-state index contributed by atoms with van der Waals surface area (Å²) in [5, 5.41) is 3.60. The second-order valence-electron chi connectivity index (χ2n) is 5.04. The van der Waals surface area contributed by atoms with Crippen LogP contribution in [0.4, 0.5) is 5.82 Å². The summed E-state index contributed by atoms with van der Waals surface area (Å²) >= 11 is 0. The topological polar surface area (TPSA) is 93.8 Å². The maximum Gasteiger partial charge on any atom is 0.256 e. The predicted octanol–water partition coefficient (Wildman–Crippen LogP) is 2.93. The van der Waals surface area contributed by atoms with Crippen LogP contribution in [0.5, 0.6) is 0 Å². The number of amides is 1. The molecule has 4 aromatic heterocycles. The number of pyridine rings is 3. The van der Waals surface area contributed by atoms with Gasteiger partial charge in [0, 0.05) is 35.1 Å². The van der Waals surface area contributed by atoms with Crippen LogP contribution in [0.15, 0.2) is 66.1 Å². The smallest absolute Gasteiger partial charge is 0.256 e. The highest BCUT2D eigenvalue weighted by Crippen LogP contribution is 2.23. The number of fused-ring (bicyclic) bond motifs is 1. The number of nitrogens with one attached hydrogen (secondary N) is 1. The van der Waals surface area contributed by atoms with Crippen LogP contribution < -0.4 is 5.32 Å². The number of carbonyl (C=O) groups excluding carboxylic acids is 1. The molecule has 0 spiro atoms. The highest BCUT2D eigenvalue weighted by molar-refractivity contribution is 6.04. The summed E-state index contributed by atoms with van der Waals surface area (Å²) in [7, 11) is 0. The van der Waals surface area contributed by atoms with Gasteiger partial charge in [-0.1, -0.05) is 0 Å². The average Bonchev–Trinajstić information content (AvgIpc) is 3.16. The van der Waals surface area contributed by atoms with E-state index in [1.54, 1.807) is 49.2 Å². The Labute approximate surface area is 136 Å². The highest BCUT2D eigenvalue weighted by Gasteiger charge is 2.09. The highest BCUT2D eigenvalue weighted by atomic mass is 16.3. The van der Waals surface area contributed by atoms with Crippen LogP contribution in [0.3, 0.4) is 0 Å². The zero-order chi connectivity index (χ0) is 16.4. The van der Waals surface area contributed by atoms with Gasteiger partial charge in [0.2, 0.25) is 0 Å². The standard InChI is InChI=1S/C17H11N5O2/c23-17(11-1-3-18-4-2-11)22-16-6-12-5-13(15-9-19-10-24-15)7-20-14(12)8-21-16/h1-10H,(H,21,22,23). The minimum atomic E-state index is -0.247. The van der Waals surface area contributed by atoms with Crippen LogP contribution in [0.25, 0.3) is 22.2 Å². The quantitative estimate of drug-likeness (QED) is 0.624. The molecule has 0 saturated heterocycles. The van der Waals surface area contributed by atoms with E-state index in [4.69, 9.17) is 4.42 Å². The molecule has 0 aromatic carbocycles. The fourth-order valence-corrected chi connectivity index (χ4v) is 2.28. The largest absolute Gasteiger partial charge is 0.443 e. The van der Waals surface area contributed by atoms with E-state index in [1.807, 2.05) is 6.07 Å². The number of hydrogen-bond acceptors (Lipinski definition) is 6. The summed E-state index contributed by atoms with van der Waals surface area (Å²) in [5.74, 6) is 0.827. The fraction of sp³-hybridized carbons (Fsp3) is 0. The molecule has 0 aliphatic heterocycles. The molecule has 0 saturated carbocycles. The number of aromatic nitrogens is 4. The number of anilines is 1. The minimum absolute atomic E-state index is 0.247. The van der Waals surface area contributed by atoms with Crippen LogP contribution >= 0.6 is 0 Å². The lowest BCUT2D eigenvalue weighted by atomic mass is 10.1. The van der Waals surface area contributed by atoms with Gasteiger partial charge >= 0.3 is 0 Å². The Morgan fingerprint density at radius 1 is 1.00 bits per heavy atom. The van der Waals surface area contributed by atoms with E-state index < -0.39 is 0 Å². The number of nitrogens with zero attached hydrogens (tertiary/aromatic N) is 4. The Morgan fingerprint density at radius 2 is 1.88 bits per heavy atom. The second kappa shape index (κ2) is 5.88. The van der Waals surface area contributed by atoms with Gasteiger partial charge < -0.3 is 9.73 Å². The van der Waals surface area contributed by atoms with Gasteiger partial charge in [0.25, 0.3) is 5.91 Å². The molecule has 1 amide bonds. The normalized spacial score (nSPS) is 10.7. The SMILES string of the molecule is O=C(Nc1cc2cc(-c3cnco3)cnc2cn1)c1ccncc1. The lowest BCUT2D eigenvalue weighted by Crippen LogP contribution is -2.12. The van der Waals surface area contributed by atoms with Crippen molar-refractivity contribution in [2.24, 2.45) is 0 Å². The van der Waals surface area contributed by atoms with Crippen molar-refractivity contribution in [1.82, 2.24) is 19.9 Å². The second-order valence-corrected chi connectivity index (χ2v) is 5.04. The number of oxazole rings is 1. The molecule has 1 N–H and O–H groups in total. The monoisotopic (exact) mass is 317 g/mol. The molecule has 0 radical (unpaired) electrons. The van der Waals surface area contributed by atoms with Crippen LogP contribution in [-0.2, 0) is 0 Å². The molecule has 0 unspecified atom stereocenters. The van der Waals surface area contributed by atoms with E-state index in [2.05, 4.69) is 25.3 Å². The summed E-state index contributed by atoms with van der Waals surface area (Å²) in [6.45, 7) is 0. The van der Waals surface area contributed by atoms with Crippen LogP contribution in [0.2, 0.25) is 0 Å². The average molecular weight is 317 g/mol. The van der Waals surface area contributed by atoms with Gasteiger partial charge in [0.1, 0.15) is 5.82 Å². The van der Waals surface area contributed by atoms with Crippen molar-refractivity contribution in [1.29, 1.82) is 0 Å². The van der Waals surface area contributed by atoms with Crippen molar-refractivity contribution in [3.63, 3.8) is 0 Å². The number of carbonyl (C=O) groups is 1. The van der Waals surface area contributed by atoms with E-state index in [0.717, 1.165) is 16.5 Å². The number of rotatable bonds is 3. The van der Waals surface area contributed by atoms with Crippen LogP contribution in [0.1, 0.15) is 10.4 Å². The van der Waals surface area contributed by atoms with Crippen molar-refractivity contribution in [2.75, 3.05) is 5.32 Å². The molecule has 0 bridgehead atoms. The van der Waals surface area contributed by atoms with Crippen LogP contribution in [-0.4, -0.2) is 25.8 Å². The number of hydrogen-bond donors (Lipinski definition) is 1. The molecular formula is C17H11N5O2. The molecule has 4 aromatic rings. The molecule has 4 rings (SSSR count). The van der Waals surface area contributed by atoms with E-state index >= 15 is 0 Å². The predicted molar refractivity (Wildman–Crippen MR) is 87.2 cm³/mol. The molecular weight excluding hydrogens is 306 g/mol. The van der Waals surface area contributed by atoms with E-state index in [1.165, 1.54) is 6.39 Å². The van der Waals surface area contributed by atoms with Crippen molar-refractivity contribution in [3.8, 4) is 11.3 Å². The third-order valence-corrected chi connectivity index (χ3v) is 3.47. The van der Waals surface area contributed by atoms with Gasteiger partial charge in [-0.05, 0) is 24.3 Å². The maximum absolute atomic E-state index is 12.2. The molecule has 24 heavy (non-hydrogen) atoms. The molecule has 0 atom stereocenters. The fourth-order valence-electron chi connectivity index (χ4n) is 2.28. The first kappa shape index (κ1) is 14.0. The Kier molecular flexibility index (Phi) is 3.43. The summed E-state index contributed by atoms with van der Waals surface area (Å²) in [5.41, 5.74) is 2.04.